The van der Waals surface area contributed by atoms with E-state index in [0.29, 0.717) is 0 Å². The van der Waals surface area contributed by atoms with Crippen molar-refractivity contribution in [3.8, 4) is 44.5 Å². The Morgan fingerprint density at radius 2 is 0.865 bits per heavy atom. The molecule has 1 aromatic heterocycles. The molecule has 2 heteroatoms. The van der Waals surface area contributed by atoms with E-state index in [1.54, 1.807) is 0 Å². The third kappa shape index (κ3) is 4.01. The molecule has 11 rings (SSSR count). The molecule has 0 atom stereocenters. The standard InChI is InChI=1S/C50H30OS/c51-48-41-26-24-34(33-15-10-14-32(28-33)31-12-2-1-3-13-31)29-45(41)50(43-21-7-4-16-37(43)38-17-5-8-22-44(38)50)46-30-35(25-27-42(46)48)36-19-11-20-40-39-18-6-9-23-47(39)52-49(36)40/h1-30H. The summed E-state index contributed by atoms with van der Waals surface area (Å²) in [7, 11) is 0. The van der Waals surface area contributed by atoms with Gasteiger partial charge in [-0.2, -0.15) is 0 Å². The third-order valence-corrected chi connectivity index (χ3v) is 12.5. The van der Waals surface area contributed by atoms with E-state index in [-0.39, 0.29) is 5.78 Å². The number of carbonyl (C=O) groups excluding carboxylic acids is 1. The Morgan fingerprint density at radius 3 is 1.62 bits per heavy atom. The molecule has 2 aliphatic carbocycles. The molecule has 0 saturated heterocycles. The largest absolute Gasteiger partial charge is 0.289 e. The fraction of sp³-hybridized carbons (Fsp3) is 0.0200. The molecular formula is C50H30OS. The molecule has 9 aromatic rings. The van der Waals surface area contributed by atoms with Crippen molar-refractivity contribution >= 4 is 37.3 Å². The van der Waals surface area contributed by atoms with Gasteiger partial charge in [0.05, 0.1) is 5.41 Å². The van der Waals surface area contributed by atoms with Crippen LogP contribution in [0.3, 0.4) is 0 Å². The molecule has 0 saturated carbocycles. The van der Waals surface area contributed by atoms with Crippen molar-refractivity contribution in [2.24, 2.45) is 0 Å². The van der Waals surface area contributed by atoms with E-state index in [0.717, 1.165) is 38.9 Å². The molecule has 1 spiro atoms. The molecular weight excluding hydrogens is 649 g/mol. The number of benzene rings is 8. The molecule has 242 valence electrons. The van der Waals surface area contributed by atoms with Crippen molar-refractivity contribution < 1.29 is 4.79 Å². The molecule has 0 aliphatic heterocycles. The fourth-order valence-electron chi connectivity index (χ4n) is 9.04. The number of hydrogen-bond acceptors (Lipinski definition) is 2. The lowest BCUT2D eigenvalue weighted by atomic mass is 9.60. The summed E-state index contributed by atoms with van der Waals surface area (Å²) in [4.78, 5) is 14.7. The van der Waals surface area contributed by atoms with Crippen molar-refractivity contribution in [2.45, 2.75) is 5.41 Å². The second-order valence-electron chi connectivity index (χ2n) is 13.9. The Hall–Kier alpha value is -6.35. The number of rotatable bonds is 3. The van der Waals surface area contributed by atoms with Crippen molar-refractivity contribution in [3.63, 3.8) is 0 Å². The summed E-state index contributed by atoms with van der Waals surface area (Å²) < 4.78 is 2.55. The van der Waals surface area contributed by atoms with Gasteiger partial charge in [0.2, 0.25) is 0 Å². The average molecular weight is 679 g/mol. The topological polar surface area (TPSA) is 17.1 Å². The molecule has 1 nitrogen and oxygen atoms in total. The van der Waals surface area contributed by atoms with Crippen molar-refractivity contribution in [2.75, 3.05) is 0 Å². The molecule has 2 aliphatic rings. The second kappa shape index (κ2) is 11.1. The number of fused-ring (bicyclic) bond motifs is 12. The van der Waals surface area contributed by atoms with Gasteiger partial charge in [-0.05, 0) is 91.0 Å². The first-order chi connectivity index (χ1) is 25.7. The minimum atomic E-state index is -0.678. The minimum Gasteiger partial charge on any atom is -0.289 e. The lowest BCUT2D eigenvalue weighted by molar-refractivity contribution is 0.103. The van der Waals surface area contributed by atoms with E-state index < -0.39 is 5.41 Å². The molecule has 0 N–H and O–H groups in total. The van der Waals surface area contributed by atoms with E-state index >= 15 is 0 Å². The van der Waals surface area contributed by atoms with Crippen LogP contribution in [0.5, 0.6) is 0 Å². The summed E-state index contributed by atoms with van der Waals surface area (Å²) in [5.74, 6) is 0.0775. The van der Waals surface area contributed by atoms with Crippen LogP contribution in [0.2, 0.25) is 0 Å². The molecule has 0 amide bonds. The van der Waals surface area contributed by atoms with Crippen LogP contribution in [0, 0.1) is 0 Å². The van der Waals surface area contributed by atoms with Gasteiger partial charge >= 0.3 is 0 Å². The molecule has 0 bridgehead atoms. The molecule has 0 fully saturated rings. The van der Waals surface area contributed by atoms with Crippen LogP contribution in [0.4, 0.5) is 0 Å². The zero-order valence-electron chi connectivity index (χ0n) is 28.1. The lowest BCUT2D eigenvalue weighted by Crippen LogP contribution is -2.36. The Morgan fingerprint density at radius 1 is 0.346 bits per heavy atom. The van der Waals surface area contributed by atoms with Gasteiger partial charge in [-0.25, -0.2) is 0 Å². The molecule has 1 heterocycles. The van der Waals surface area contributed by atoms with Crippen LogP contribution >= 0.6 is 11.3 Å². The molecule has 0 radical (unpaired) electrons. The van der Waals surface area contributed by atoms with Gasteiger partial charge in [0.25, 0.3) is 0 Å². The Bertz CT molecular complexity index is 2880. The normalized spacial score (nSPS) is 13.6. The number of thiophene rings is 1. The zero-order valence-corrected chi connectivity index (χ0v) is 29.0. The summed E-state index contributed by atoms with van der Waals surface area (Å²) in [6.07, 6.45) is 0. The first kappa shape index (κ1) is 29.4. The van der Waals surface area contributed by atoms with Gasteiger partial charge in [0, 0.05) is 31.3 Å². The van der Waals surface area contributed by atoms with Crippen LogP contribution in [0.1, 0.15) is 38.2 Å². The van der Waals surface area contributed by atoms with Crippen molar-refractivity contribution in [1.29, 1.82) is 0 Å². The summed E-state index contributed by atoms with van der Waals surface area (Å²) in [5, 5.41) is 2.55. The SMILES string of the molecule is O=C1c2ccc(-c3cccc(-c4ccccc4)c3)cc2C2(c3cc(-c4cccc5c4sc4ccccc45)ccc31)c1ccccc1-c1ccccc12. The van der Waals surface area contributed by atoms with E-state index in [1.165, 1.54) is 59.1 Å². The summed E-state index contributed by atoms with van der Waals surface area (Å²) in [5.41, 5.74) is 14.7. The van der Waals surface area contributed by atoms with E-state index in [2.05, 4.69) is 182 Å². The van der Waals surface area contributed by atoms with Crippen molar-refractivity contribution in [3.05, 3.63) is 215 Å². The van der Waals surface area contributed by atoms with E-state index in [1.807, 2.05) is 11.3 Å². The van der Waals surface area contributed by atoms with E-state index in [4.69, 9.17) is 0 Å². The van der Waals surface area contributed by atoms with Gasteiger partial charge < -0.3 is 0 Å². The first-order valence-corrected chi connectivity index (χ1v) is 18.6. The van der Waals surface area contributed by atoms with Gasteiger partial charge in [0.1, 0.15) is 0 Å². The number of ketones is 1. The molecule has 52 heavy (non-hydrogen) atoms. The average Bonchev–Trinajstić information content (AvgIpc) is 3.74. The highest BCUT2D eigenvalue weighted by Crippen LogP contribution is 2.60. The predicted octanol–water partition coefficient (Wildman–Crippen LogP) is 13.0. The predicted molar refractivity (Wildman–Crippen MR) is 216 cm³/mol. The maximum absolute atomic E-state index is 14.7. The maximum atomic E-state index is 14.7. The monoisotopic (exact) mass is 678 g/mol. The van der Waals surface area contributed by atoms with Crippen LogP contribution in [0.15, 0.2) is 182 Å². The quantitative estimate of drug-likeness (QED) is 0.182. The van der Waals surface area contributed by atoms with Crippen LogP contribution in [0.25, 0.3) is 64.7 Å². The van der Waals surface area contributed by atoms with Crippen LogP contribution < -0.4 is 0 Å². The van der Waals surface area contributed by atoms with Crippen LogP contribution in [-0.4, -0.2) is 5.78 Å². The number of hydrogen-bond donors (Lipinski definition) is 0. The Labute approximate surface area is 306 Å². The van der Waals surface area contributed by atoms with Gasteiger partial charge in [-0.3, -0.25) is 4.79 Å². The summed E-state index contributed by atoms with van der Waals surface area (Å²) in [6.45, 7) is 0. The highest BCUT2D eigenvalue weighted by Gasteiger charge is 2.51. The van der Waals surface area contributed by atoms with Gasteiger partial charge in [0.15, 0.2) is 5.78 Å². The number of carbonyl (C=O) groups is 1. The Balaban J connectivity index is 1.20. The third-order valence-electron chi connectivity index (χ3n) is 11.3. The highest BCUT2D eigenvalue weighted by atomic mass is 32.1. The van der Waals surface area contributed by atoms with Gasteiger partial charge in [-0.15, -0.1) is 11.3 Å². The maximum Gasteiger partial charge on any atom is 0.193 e. The fourth-order valence-corrected chi connectivity index (χ4v) is 10.3. The smallest absolute Gasteiger partial charge is 0.193 e. The Kier molecular flexibility index (Phi) is 6.26. The molecule has 0 unspecified atom stereocenters. The van der Waals surface area contributed by atoms with Crippen molar-refractivity contribution in [1.82, 2.24) is 0 Å². The second-order valence-corrected chi connectivity index (χ2v) is 15.0. The molecule has 8 aromatic carbocycles. The summed E-state index contributed by atoms with van der Waals surface area (Å²) >= 11 is 1.84. The highest BCUT2D eigenvalue weighted by molar-refractivity contribution is 7.26. The summed E-state index contributed by atoms with van der Waals surface area (Å²) in [6, 6.07) is 65.3. The van der Waals surface area contributed by atoms with Gasteiger partial charge in [-0.1, -0.05) is 158 Å². The minimum absolute atomic E-state index is 0.0775. The lowest BCUT2D eigenvalue weighted by Gasteiger charge is -2.40. The van der Waals surface area contributed by atoms with E-state index in [9.17, 15) is 4.79 Å². The van der Waals surface area contributed by atoms with Crippen LogP contribution in [-0.2, 0) is 5.41 Å². The zero-order chi connectivity index (χ0) is 34.4. The first-order valence-electron chi connectivity index (χ1n) is 17.8.